The van der Waals surface area contributed by atoms with E-state index in [1.54, 1.807) is 0 Å². The maximum absolute atomic E-state index is 12.9. The molecule has 2 aromatic carbocycles. The predicted molar refractivity (Wildman–Crippen MR) is 76.2 cm³/mol. The summed E-state index contributed by atoms with van der Waals surface area (Å²) in [6, 6.07) is 12.5. The third-order valence-electron chi connectivity index (χ3n) is 3.18. The predicted octanol–water partition coefficient (Wildman–Crippen LogP) is 2.95. The van der Waals surface area contributed by atoms with Crippen LogP contribution in [0.4, 0.5) is 4.39 Å². The molecule has 0 aliphatic carbocycles. The van der Waals surface area contributed by atoms with Gasteiger partial charge in [0.1, 0.15) is 5.82 Å². The summed E-state index contributed by atoms with van der Waals surface area (Å²) in [6.07, 6.45) is 0. The van der Waals surface area contributed by atoms with Crippen LogP contribution in [0.3, 0.4) is 0 Å². The van der Waals surface area contributed by atoms with Gasteiger partial charge in [-0.1, -0.05) is 24.3 Å². The maximum atomic E-state index is 12.9. The Morgan fingerprint density at radius 1 is 1.05 bits per heavy atom. The molecule has 0 amide bonds. The van der Waals surface area contributed by atoms with Crippen LogP contribution in [-0.4, -0.2) is 19.8 Å². The van der Waals surface area contributed by atoms with Crippen molar-refractivity contribution in [2.75, 3.05) is 7.05 Å². The molecule has 0 saturated heterocycles. The van der Waals surface area contributed by atoms with Crippen LogP contribution in [-0.2, 0) is 16.6 Å². The molecule has 0 saturated carbocycles. The minimum atomic E-state index is -3.60. The Hall–Kier alpha value is -1.72. The average Bonchev–Trinajstić information content (AvgIpc) is 2.41. The molecule has 2 aromatic rings. The molecule has 2 rings (SSSR count). The molecule has 0 unspecified atom stereocenters. The Morgan fingerprint density at radius 2 is 1.65 bits per heavy atom. The number of hydrogen-bond donors (Lipinski definition) is 0. The fourth-order valence-corrected chi connectivity index (χ4v) is 3.05. The Bertz CT molecular complexity index is 696. The molecular formula is C15H16FNO2S. The second-order valence-corrected chi connectivity index (χ2v) is 6.69. The van der Waals surface area contributed by atoms with E-state index in [0.717, 1.165) is 23.3 Å². The molecule has 106 valence electrons. The van der Waals surface area contributed by atoms with E-state index in [1.165, 1.54) is 23.5 Å². The van der Waals surface area contributed by atoms with Gasteiger partial charge < -0.3 is 0 Å². The van der Waals surface area contributed by atoms with E-state index in [0.29, 0.717) is 0 Å². The molecule has 0 atom stereocenters. The minimum Gasteiger partial charge on any atom is -0.207 e. The lowest BCUT2D eigenvalue weighted by molar-refractivity contribution is 0.466. The van der Waals surface area contributed by atoms with Crippen molar-refractivity contribution in [1.82, 2.24) is 4.31 Å². The monoisotopic (exact) mass is 293 g/mol. The van der Waals surface area contributed by atoms with Crippen LogP contribution in [0.15, 0.2) is 53.4 Å². The lowest BCUT2D eigenvalue weighted by Gasteiger charge is -2.18. The fourth-order valence-electron chi connectivity index (χ4n) is 1.90. The Morgan fingerprint density at radius 3 is 2.25 bits per heavy atom. The smallest absolute Gasteiger partial charge is 0.207 e. The van der Waals surface area contributed by atoms with E-state index in [4.69, 9.17) is 0 Å². The van der Waals surface area contributed by atoms with Crippen LogP contribution >= 0.6 is 0 Å². The van der Waals surface area contributed by atoms with Gasteiger partial charge in [-0.15, -0.1) is 0 Å². The zero-order valence-electron chi connectivity index (χ0n) is 11.4. The molecule has 0 bridgehead atoms. The molecule has 0 aliphatic rings. The van der Waals surface area contributed by atoms with E-state index in [9.17, 15) is 12.8 Å². The number of rotatable bonds is 4. The maximum Gasteiger partial charge on any atom is 0.243 e. The summed E-state index contributed by atoms with van der Waals surface area (Å²) in [6.45, 7) is 2.22. The van der Waals surface area contributed by atoms with Crippen molar-refractivity contribution in [3.63, 3.8) is 0 Å². The average molecular weight is 293 g/mol. The van der Waals surface area contributed by atoms with Crippen molar-refractivity contribution in [1.29, 1.82) is 0 Å². The number of nitrogens with zero attached hydrogens (tertiary/aromatic N) is 1. The normalized spacial score (nSPS) is 11.8. The van der Waals surface area contributed by atoms with Crippen molar-refractivity contribution < 1.29 is 12.8 Å². The minimum absolute atomic E-state index is 0.0926. The van der Waals surface area contributed by atoms with E-state index in [1.807, 2.05) is 31.2 Å². The van der Waals surface area contributed by atoms with E-state index >= 15 is 0 Å². The lowest BCUT2D eigenvalue weighted by atomic mass is 10.1. The third kappa shape index (κ3) is 3.05. The van der Waals surface area contributed by atoms with Crippen molar-refractivity contribution in [3.8, 4) is 0 Å². The van der Waals surface area contributed by atoms with Gasteiger partial charge >= 0.3 is 0 Å². The molecule has 0 spiro atoms. The summed E-state index contributed by atoms with van der Waals surface area (Å²) in [4.78, 5) is 0.0926. The summed E-state index contributed by atoms with van der Waals surface area (Å²) in [5.41, 5.74) is 1.98. The summed E-state index contributed by atoms with van der Waals surface area (Å²) >= 11 is 0. The number of aryl methyl sites for hydroxylation is 1. The molecule has 5 heteroatoms. The first-order valence-corrected chi connectivity index (χ1v) is 7.61. The first-order chi connectivity index (χ1) is 9.41. The van der Waals surface area contributed by atoms with Gasteiger partial charge in [0.2, 0.25) is 10.0 Å². The van der Waals surface area contributed by atoms with Gasteiger partial charge in [-0.05, 0) is 42.3 Å². The summed E-state index contributed by atoms with van der Waals surface area (Å²) in [5.74, 6) is -0.453. The summed E-state index contributed by atoms with van der Waals surface area (Å²) in [7, 11) is -2.09. The van der Waals surface area contributed by atoms with Gasteiger partial charge in [0.15, 0.2) is 0 Å². The Balaban J connectivity index is 2.26. The van der Waals surface area contributed by atoms with Crippen LogP contribution in [0.5, 0.6) is 0 Å². The van der Waals surface area contributed by atoms with Gasteiger partial charge in [-0.25, -0.2) is 12.8 Å². The summed E-state index contributed by atoms with van der Waals surface area (Å²) < 4.78 is 38.9. The topological polar surface area (TPSA) is 37.4 Å². The lowest BCUT2D eigenvalue weighted by Crippen LogP contribution is -2.26. The van der Waals surface area contributed by atoms with Gasteiger partial charge in [0.25, 0.3) is 0 Å². The van der Waals surface area contributed by atoms with Gasteiger partial charge in [0, 0.05) is 13.6 Å². The van der Waals surface area contributed by atoms with Crippen LogP contribution < -0.4 is 0 Å². The quantitative estimate of drug-likeness (QED) is 0.869. The highest BCUT2D eigenvalue weighted by Gasteiger charge is 2.21. The van der Waals surface area contributed by atoms with E-state index in [2.05, 4.69) is 0 Å². The second kappa shape index (κ2) is 5.73. The van der Waals surface area contributed by atoms with Crippen molar-refractivity contribution in [3.05, 3.63) is 65.5 Å². The number of halogens is 1. The van der Waals surface area contributed by atoms with Crippen molar-refractivity contribution in [2.24, 2.45) is 0 Å². The van der Waals surface area contributed by atoms with Gasteiger partial charge in [0.05, 0.1) is 4.90 Å². The molecule has 20 heavy (non-hydrogen) atoms. The third-order valence-corrected chi connectivity index (χ3v) is 4.99. The van der Waals surface area contributed by atoms with Crippen LogP contribution in [0.1, 0.15) is 11.1 Å². The fraction of sp³-hybridized carbons (Fsp3) is 0.200. The van der Waals surface area contributed by atoms with Crippen molar-refractivity contribution >= 4 is 10.0 Å². The van der Waals surface area contributed by atoms with Crippen LogP contribution in [0, 0.1) is 12.7 Å². The highest BCUT2D eigenvalue weighted by Crippen LogP contribution is 2.18. The first-order valence-electron chi connectivity index (χ1n) is 6.17. The van der Waals surface area contributed by atoms with Crippen LogP contribution in [0.2, 0.25) is 0 Å². The first kappa shape index (κ1) is 14.7. The zero-order valence-corrected chi connectivity index (χ0v) is 12.2. The number of hydrogen-bond acceptors (Lipinski definition) is 2. The zero-order chi connectivity index (χ0) is 14.8. The number of benzene rings is 2. The Kier molecular flexibility index (Phi) is 4.20. The largest absolute Gasteiger partial charge is 0.243 e. The van der Waals surface area contributed by atoms with E-state index < -0.39 is 15.8 Å². The molecule has 0 N–H and O–H groups in total. The van der Waals surface area contributed by atoms with Crippen molar-refractivity contribution in [2.45, 2.75) is 18.4 Å². The number of sulfonamides is 1. The highest BCUT2D eigenvalue weighted by molar-refractivity contribution is 7.89. The molecule has 0 fully saturated rings. The second-order valence-electron chi connectivity index (χ2n) is 4.64. The molecule has 3 nitrogen and oxygen atoms in total. The standard InChI is InChI=1S/C15H16FNO2S/c1-12-5-3-4-6-13(12)11-17(2)20(18,19)15-9-7-14(16)8-10-15/h3-10H,11H2,1-2H3. The van der Waals surface area contributed by atoms with Crippen LogP contribution in [0.25, 0.3) is 0 Å². The van der Waals surface area contributed by atoms with E-state index in [-0.39, 0.29) is 11.4 Å². The van der Waals surface area contributed by atoms with Gasteiger partial charge in [-0.3, -0.25) is 0 Å². The Labute approximate surface area is 118 Å². The molecule has 0 aliphatic heterocycles. The molecule has 0 heterocycles. The van der Waals surface area contributed by atoms with Gasteiger partial charge in [-0.2, -0.15) is 4.31 Å². The summed E-state index contributed by atoms with van der Waals surface area (Å²) in [5, 5.41) is 0. The highest BCUT2D eigenvalue weighted by atomic mass is 32.2. The SMILES string of the molecule is Cc1ccccc1CN(C)S(=O)(=O)c1ccc(F)cc1. The molecule has 0 radical (unpaired) electrons. The molecule has 0 aromatic heterocycles. The molecular weight excluding hydrogens is 277 g/mol.